The summed E-state index contributed by atoms with van der Waals surface area (Å²) in [5, 5.41) is 0. The lowest BCUT2D eigenvalue weighted by Gasteiger charge is -2.25. The molecule has 2 nitrogen and oxygen atoms in total. The molecule has 0 bridgehead atoms. The van der Waals surface area contributed by atoms with Gasteiger partial charge in [0, 0.05) is 6.04 Å². The van der Waals surface area contributed by atoms with Gasteiger partial charge in [0.15, 0.2) is 0 Å². The van der Waals surface area contributed by atoms with Crippen LogP contribution in [0, 0.1) is 0 Å². The first kappa shape index (κ1) is 12.4. The molecule has 1 aliphatic carbocycles. The lowest BCUT2D eigenvalue weighted by atomic mass is 9.87. The van der Waals surface area contributed by atoms with Crippen LogP contribution in [0.1, 0.15) is 56.7 Å². The fourth-order valence-electron chi connectivity index (χ4n) is 2.64. The Morgan fingerprint density at radius 2 is 2.29 bits per heavy atom. The molecule has 2 rings (SSSR count). The number of nitrogens with two attached hydrogens (primary N) is 1. The van der Waals surface area contributed by atoms with Gasteiger partial charge in [-0.3, -0.25) is 0 Å². The van der Waals surface area contributed by atoms with Crippen LogP contribution in [-0.4, -0.2) is 6.10 Å². The molecule has 0 aromatic heterocycles. The molecule has 0 amide bonds. The van der Waals surface area contributed by atoms with E-state index in [4.69, 9.17) is 10.5 Å². The maximum atomic E-state index is 6.15. The van der Waals surface area contributed by atoms with E-state index in [0.717, 1.165) is 31.4 Å². The lowest BCUT2D eigenvalue weighted by molar-refractivity contribution is 0.207. The molecular formula is C15H23NO. The summed E-state index contributed by atoms with van der Waals surface area (Å²) in [6.07, 6.45) is 5.95. The van der Waals surface area contributed by atoms with Crippen molar-refractivity contribution in [1.29, 1.82) is 0 Å². The molecule has 17 heavy (non-hydrogen) atoms. The average molecular weight is 233 g/mol. The number of ether oxygens (including phenoxy) is 1. The van der Waals surface area contributed by atoms with Gasteiger partial charge < -0.3 is 10.5 Å². The van der Waals surface area contributed by atoms with E-state index >= 15 is 0 Å². The van der Waals surface area contributed by atoms with Crippen molar-refractivity contribution in [3.63, 3.8) is 0 Å². The minimum Gasteiger partial charge on any atom is -0.490 e. The van der Waals surface area contributed by atoms with Crippen molar-refractivity contribution in [3.05, 3.63) is 29.3 Å². The van der Waals surface area contributed by atoms with Crippen molar-refractivity contribution in [2.24, 2.45) is 5.73 Å². The maximum absolute atomic E-state index is 6.15. The van der Waals surface area contributed by atoms with Gasteiger partial charge in [-0.05, 0) is 49.8 Å². The van der Waals surface area contributed by atoms with Gasteiger partial charge in [0.1, 0.15) is 5.75 Å². The normalized spacial score (nSPS) is 20.8. The minimum atomic E-state index is 0.198. The van der Waals surface area contributed by atoms with E-state index in [1.165, 1.54) is 17.5 Å². The van der Waals surface area contributed by atoms with Crippen molar-refractivity contribution in [2.45, 2.75) is 58.1 Å². The van der Waals surface area contributed by atoms with E-state index < -0.39 is 0 Å². The largest absolute Gasteiger partial charge is 0.490 e. The second kappa shape index (κ2) is 5.54. The fourth-order valence-corrected chi connectivity index (χ4v) is 2.64. The van der Waals surface area contributed by atoms with Crippen LogP contribution in [0.15, 0.2) is 18.2 Å². The van der Waals surface area contributed by atoms with Crippen molar-refractivity contribution in [2.75, 3.05) is 0 Å². The topological polar surface area (TPSA) is 35.2 Å². The summed E-state index contributed by atoms with van der Waals surface area (Å²) in [4.78, 5) is 0. The van der Waals surface area contributed by atoms with E-state index in [1.807, 2.05) is 0 Å². The van der Waals surface area contributed by atoms with Gasteiger partial charge in [-0.2, -0.15) is 0 Å². The highest BCUT2D eigenvalue weighted by Gasteiger charge is 2.20. The van der Waals surface area contributed by atoms with Crippen LogP contribution in [0.4, 0.5) is 0 Å². The van der Waals surface area contributed by atoms with Gasteiger partial charge >= 0.3 is 0 Å². The van der Waals surface area contributed by atoms with E-state index in [0.29, 0.717) is 6.10 Å². The highest BCUT2D eigenvalue weighted by atomic mass is 16.5. The van der Waals surface area contributed by atoms with Crippen LogP contribution in [0.5, 0.6) is 5.75 Å². The minimum absolute atomic E-state index is 0.198. The van der Waals surface area contributed by atoms with Gasteiger partial charge in [-0.15, -0.1) is 0 Å². The molecule has 2 heteroatoms. The second-order valence-electron chi connectivity index (χ2n) is 5.04. The Morgan fingerprint density at radius 1 is 1.47 bits per heavy atom. The number of fused-ring (bicyclic) bond motifs is 1. The molecule has 1 aromatic rings. The van der Waals surface area contributed by atoms with Crippen molar-refractivity contribution >= 4 is 0 Å². The van der Waals surface area contributed by atoms with Crippen LogP contribution in [0.2, 0.25) is 0 Å². The molecule has 0 spiro atoms. The Balaban J connectivity index is 2.20. The third kappa shape index (κ3) is 2.81. The zero-order valence-electron chi connectivity index (χ0n) is 10.9. The average Bonchev–Trinajstić information content (AvgIpc) is 2.31. The van der Waals surface area contributed by atoms with Crippen LogP contribution < -0.4 is 10.5 Å². The lowest BCUT2D eigenvalue weighted by Crippen LogP contribution is -2.19. The SMILES string of the molecule is CCCC(C)Oc1cccc2c1CCCC2N. The quantitative estimate of drug-likeness (QED) is 0.862. The highest BCUT2D eigenvalue weighted by Crippen LogP contribution is 2.34. The number of hydrogen-bond donors (Lipinski definition) is 1. The Labute approximate surface area is 104 Å². The van der Waals surface area contributed by atoms with Gasteiger partial charge in [-0.1, -0.05) is 25.5 Å². The van der Waals surface area contributed by atoms with Crippen molar-refractivity contribution < 1.29 is 4.74 Å². The van der Waals surface area contributed by atoms with E-state index in [1.54, 1.807) is 0 Å². The molecule has 1 aromatic carbocycles. The Hall–Kier alpha value is -1.02. The number of hydrogen-bond acceptors (Lipinski definition) is 2. The van der Waals surface area contributed by atoms with Gasteiger partial charge in [0.05, 0.1) is 6.10 Å². The van der Waals surface area contributed by atoms with Crippen LogP contribution in [0.25, 0.3) is 0 Å². The van der Waals surface area contributed by atoms with E-state index in [2.05, 4.69) is 32.0 Å². The molecule has 0 fully saturated rings. The zero-order valence-corrected chi connectivity index (χ0v) is 10.9. The molecule has 0 aliphatic heterocycles. The molecule has 0 radical (unpaired) electrons. The predicted octanol–water partition coefficient (Wildman–Crippen LogP) is 3.59. The van der Waals surface area contributed by atoms with Crippen LogP contribution in [0.3, 0.4) is 0 Å². The summed E-state index contributed by atoms with van der Waals surface area (Å²) < 4.78 is 6.05. The Morgan fingerprint density at radius 3 is 3.06 bits per heavy atom. The van der Waals surface area contributed by atoms with Crippen LogP contribution >= 0.6 is 0 Å². The molecular weight excluding hydrogens is 210 g/mol. The molecule has 0 saturated heterocycles. The summed E-state index contributed by atoms with van der Waals surface area (Å²) in [5.41, 5.74) is 8.78. The number of benzene rings is 1. The van der Waals surface area contributed by atoms with Gasteiger partial charge in [-0.25, -0.2) is 0 Å². The van der Waals surface area contributed by atoms with Gasteiger partial charge in [0.25, 0.3) is 0 Å². The fraction of sp³-hybridized carbons (Fsp3) is 0.600. The summed E-state index contributed by atoms with van der Waals surface area (Å²) in [7, 11) is 0. The van der Waals surface area contributed by atoms with E-state index in [9.17, 15) is 0 Å². The van der Waals surface area contributed by atoms with Crippen molar-refractivity contribution in [1.82, 2.24) is 0 Å². The summed E-state index contributed by atoms with van der Waals surface area (Å²) in [6, 6.07) is 6.50. The number of rotatable bonds is 4. The Bertz CT molecular complexity index is 375. The molecule has 2 unspecified atom stereocenters. The molecule has 94 valence electrons. The maximum Gasteiger partial charge on any atom is 0.123 e. The molecule has 2 atom stereocenters. The summed E-state index contributed by atoms with van der Waals surface area (Å²) in [5.74, 6) is 1.05. The monoisotopic (exact) mass is 233 g/mol. The molecule has 0 saturated carbocycles. The van der Waals surface area contributed by atoms with E-state index in [-0.39, 0.29) is 6.04 Å². The summed E-state index contributed by atoms with van der Waals surface area (Å²) >= 11 is 0. The zero-order chi connectivity index (χ0) is 12.3. The smallest absolute Gasteiger partial charge is 0.123 e. The molecule has 2 N–H and O–H groups in total. The predicted molar refractivity (Wildman–Crippen MR) is 71.3 cm³/mol. The first-order chi connectivity index (χ1) is 8.22. The first-order valence-corrected chi connectivity index (χ1v) is 6.76. The Kier molecular flexibility index (Phi) is 4.06. The summed E-state index contributed by atoms with van der Waals surface area (Å²) in [6.45, 7) is 4.34. The van der Waals surface area contributed by atoms with Crippen LogP contribution in [-0.2, 0) is 6.42 Å². The highest BCUT2D eigenvalue weighted by molar-refractivity contribution is 5.43. The van der Waals surface area contributed by atoms with Gasteiger partial charge in [0.2, 0.25) is 0 Å². The first-order valence-electron chi connectivity index (χ1n) is 6.76. The van der Waals surface area contributed by atoms with Crippen molar-refractivity contribution in [3.8, 4) is 5.75 Å². The second-order valence-corrected chi connectivity index (χ2v) is 5.04. The third-order valence-corrected chi connectivity index (χ3v) is 3.53. The molecule has 0 heterocycles. The standard InChI is InChI=1S/C15H23NO/c1-3-6-11(2)17-15-10-5-7-12-13(15)8-4-9-14(12)16/h5,7,10-11,14H,3-4,6,8-9,16H2,1-2H3. The third-order valence-electron chi connectivity index (χ3n) is 3.53. The molecule has 1 aliphatic rings.